The molecular weight excluding hydrogens is 100 g/mol. The van der Waals surface area contributed by atoms with E-state index in [9.17, 15) is 0 Å². The van der Waals surface area contributed by atoms with Crippen LogP contribution in [0.3, 0.4) is 0 Å². The van der Waals surface area contributed by atoms with E-state index < -0.39 is 0 Å². The molecule has 0 amide bonds. The van der Waals surface area contributed by atoms with Crippen LogP contribution in [0.4, 0.5) is 0 Å². The number of hydrogen-bond donors (Lipinski definition) is 0. The molecule has 0 aliphatic heterocycles. The summed E-state index contributed by atoms with van der Waals surface area (Å²) >= 11 is 0. The monoisotopic (exact) mass is 108 g/mol. The van der Waals surface area contributed by atoms with Gasteiger partial charge in [0.15, 0.2) is 0 Å². The first-order chi connectivity index (χ1) is 2.50. The summed E-state index contributed by atoms with van der Waals surface area (Å²) in [4.78, 5) is 0. The quantitative estimate of drug-likeness (QED) is 0.411. The van der Waals surface area contributed by atoms with E-state index in [-0.39, 0.29) is 40.6 Å². The fourth-order valence-corrected chi connectivity index (χ4v) is 0.393. The molecule has 0 fully saturated rings. The molecule has 1 heteroatoms. The van der Waals surface area contributed by atoms with E-state index >= 15 is 0 Å². The normalized spacial score (nSPS) is 14.7. The first-order valence-electron chi connectivity index (χ1n) is 1.82. The molecule has 1 rings (SSSR count). The second kappa shape index (κ2) is 3.91. The van der Waals surface area contributed by atoms with Gasteiger partial charge in [0, 0.05) is 0 Å². The summed E-state index contributed by atoms with van der Waals surface area (Å²) in [6, 6.07) is 0. The van der Waals surface area contributed by atoms with Gasteiger partial charge in [-0.15, -0.1) is 0 Å². The zero-order valence-corrected chi connectivity index (χ0v) is 5.93. The third-order valence-electron chi connectivity index (χ3n) is 0.655. The SMILES string of the molecule is C1=CCC=C1.[Ca+2].[H-].[H-]. The molecule has 0 aromatic carbocycles. The maximum atomic E-state index is 2.12. The van der Waals surface area contributed by atoms with Crippen molar-refractivity contribution in [3.63, 3.8) is 0 Å². The van der Waals surface area contributed by atoms with E-state index in [1.165, 1.54) is 0 Å². The van der Waals surface area contributed by atoms with Crippen LogP contribution in [0.2, 0.25) is 0 Å². The number of allylic oxidation sites excluding steroid dienone is 4. The Morgan fingerprint density at radius 3 is 1.83 bits per heavy atom. The minimum absolute atomic E-state index is 0. The van der Waals surface area contributed by atoms with Crippen molar-refractivity contribution in [1.29, 1.82) is 0 Å². The zero-order valence-electron chi connectivity index (χ0n) is 5.72. The van der Waals surface area contributed by atoms with Gasteiger partial charge in [-0.25, -0.2) is 0 Å². The average molecular weight is 108 g/mol. The predicted octanol–water partition coefficient (Wildman–Crippen LogP) is 1.35. The molecule has 0 aromatic heterocycles. The summed E-state index contributed by atoms with van der Waals surface area (Å²) in [7, 11) is 0. The summed E-state index contributed by atoms with van der Waals surface area (Å²) in [5.41, 5.74) is 0. The van der Waals surface area contributed by atoms with Gasteiger partial charge in [-0.2, -0.15) is 0 Å². The molecule has 0 bridgehead atoms. The smallest absolute Gasteiger partial charge is 1.00 e. The van der Waals surface area contributed by atoms with Crippen molar-refractivity contribution >= 4 is 37.7 Å². The molecule has 0 aromatic rings. The second-order valence-corrected chi connectivity index (χ2v) is 1.09. The van der Waals surface area contributed by atoms with E-state index in [1.54, 1.807) is 0 Å². The molecule has 0 radical (unpaired) electrons. The van der Waals surface area contributed by atoms with Crippen LogP contribution in [-0.4, -0.2) is 37.7 Å². The van der Waals surface area contributed by atoms with Crippen LogP contribution < -0.4 is 0 Å². The van der Waals surface area contributed by atoms with E-state index in [2.05, 4.69) is 24.3 Å². The number of hydrogen-bond acceptors (Lipinski definition) is 0. The summed E-state index contributed by atoms with van der Waals surface area (Å²) in [5.74, 6) is 0. The van der Waals surface area contributed by atoms with Gasteiger partial charge >= 0.3 is 37.7 Å². The van der Waals surface area contributed by atoms with E-state index in [0.717, 1.165) is 6.42 Å². The summed E-state index contributed by atoms with van der Waals surface area (Å²) in [5, 5.41) is 0. The van der Waals surface area contributed by atoms with E-state index in [0.29, 0.717) is 0 Å². The Hall–Kier alpha value is 0.740. The molecule has 0 unspecified atom stereocenters. The maximum absolute atomic E-state index is 2.12. The van der Waals surface area contributed by atoms with Crippen molar-refractivity contribution in [2.75, 3.05) is 0 Å². The van der Waals surface area contributed by atoms with Crippen molar-refractivity contribution in [2.45, 2.75) is 6.42 Å². The average Bonchev–Trinajstić information content (AvgIpc) is 1.76. The summed E-state index contributed by atoms with van der Waals surface area (Å²) in [6.07, 6.45) is 9.50. The second-order valence-electron chi connectivity index (χ2n) is 1.09. The summed E-state index contributed by atoms with van der Waals surface area (Å²) in [6.45, 7) is 0. The molecule has 0 saturated carbocycles. The van der Waals surface area contributed by atoms with Gasteiger partial charge in [-0.3, -0.25) is 0 Å². The fraction of sp³-hybridized carbons (Fsp3) is 0.200. The van der Waals surface area contributed by atoms with Crippen molar-refractivity contribution in [2.24, 2.45) is 0 Å². The van der Waals surface area contributed by atoms with Crippen LogP contribution in [0.5, 0.6) is 0 Å². The molecule has 0 saturated heterocycles. The molecule has 1 aliphatic carbocycles. The summed E-state index contributed by atoms with van der Waals surface area (Å²) < 4.78 is 0. The van der Waals surface area contributed by atoms with Crippen molar-refractivity contribution in [1.82, 2.24) is 0 Å². The molecular formula is C5H8Ca. The molecule has 0 spiro atoms. The predicted molar refractivity (Wildman–Crippen MR) is 30.9 cm³/mol. The van der Waals surface area contributed by atoms with Crippen molar-refractivity contribution < 1.29 is 2.85 Å². The van der Waals surface area contributed by atoms with Gasteiger partial charge in [0.1, 0.15) is 0 Å². The maximum Gasteiger partial charge on any atom is 2.00 e. The van der Waals surface area contributed by atoms with Gasteiger partial charge in [-0.1, -0.05) is 24.3 Å². The minimum Gasteiger partial charge on any atom is -1.00 e. The van der Waals surface area contributed by atoms with Crippen LogP contribution in [0.25, 0.3) is 0 Å². The van der Waals surface area contributed by atoms with Crippen molar-refractivity contribution in [3.05, 3.63) is 24.3 Å². The van der Waals surface area contributed by atoms with Crippen LogP contribution >= 0.6 is 0 Å². The molecule has 0 N–H and O–H groups in total. The van der Waals surface area contributed by atoms with Gasteiger partial charge in [-0.05, 0) is 6.42 Å². The van der Waals surface area contributed by atoms with Crippen LogP contribution in [0, 0.1) is 0 Å². The largest absolute Gasteiger partial charge is 2.00 e. The van der Waals surface area contributed by atoms with Gasteiger partial charge in [0.05, 0.1) is 0 Å². The molecule has 6 heavy (non-hydrogen) atoms. The Kier molecular flexibility index (Phi) is 4.40. The Morgan fingerprint density at radius 2 is 1.67 bits per heavy atom. The third kappa shape index (κ3) is 2.01. The Bertz CT molecular complexity index is 68.5. The topological polar surface area (TPSA) is 0 Å². The van der Waals surface area contributed by atoms with Crippen LogP contribution in [0.15, 0.2) is 24.3 Å². The molecule has 0 atom stereocenters. The van der Waals surface area contributed by atoms with Gasteiger partial charge in [0.25, 0.3) is 0 Å². The minimum atomic E-state index is 0. The third-order valence-corrected chi connectivity index (χ3v) is 0.655. The zero-order chi connectivity index (χ0) is 3.54. The molecule has 30 valence electrons. The molecule has 0 nitrogen and oxygen atoms in total. The molecule has 0 heterocycles. The van der Waals surface area contributed by atoms with Gasteiger partial charge < -0.3 is 2.85 Å². The Balaban J connectivity index is -0.0000000833. The fourth-order valence-electron chi connectivity index (χ4n) is 0.393. The Labute approximate surface area is 70.9 Å². The van der Waals surface area contributed by atoms with E-state index in [4.69, 9.17) is 0 Å². The standard InChI is InChI=1S/C5H6.Ca.2H/c1-2-4-5-3-1;;;/h1-4H,5H2;;;/q;+2;2*-1. The first-order valence-corrected chi connectivity index (χ1v) is 1.82. The van der Waals surface area contributed by atoms with Crippen LogP contribution in [-0.2, 0) is 0 Å². The first kappa shape index (κ1) is 6.74. The molecule has 1 aliphatic rings. The Morgan fingerprint density at radius 1 is 1.17 bits per heavy atom. The van der Waals surface area contributed by atoms with Crippen LogP contribution in [0.1, 0.15) is 9.27 Å². The van der Waals surface area contributed by atoms with Gasteiger partial charge in [0.2, 0.25) is 0 Å². The van der Waals surface area contributed by atoms with E-state index in [1.807, 2.05) is 0 Å². The van der Waals surface area contributed by atoms with Crippen molar-refractivity contribution in [3.8, 4) is 0 Å². The number of rotatable bonds is 0.